The van der Waals surface area contributed by atoms with Gasteiger partial charge in [-0.3, -0.25) is 14.9 Å². The summed E-state index contributed by atoms with van der Waals surface area (Å²) in [6, 6.07) is 4.41. The van der Waals surface area contributed by atoms with Gasteiger partial charge in [-0.25, -0.2) is 0 Å². The van der Waals surface area contributed by atoms with Crippen molar-refractivity contribution in [3.05, 3.63) is 38.3 Å². The summed E-state index contributed by atoms with van der Waals surface area (Å²) in [4.78, 5) is 24.0. The van der Waals surface area contributed by atoms with Crippen LogP contribution in [0.2, 0.25) is 0 Å². The highest BCUT2D eigenvalue weighted by Crippen LogP contribution is 2.28. The fraction of sp³-hybridized carbons (Fsp3) is 0.417. The van der Waals surface area contributed by atoms with Crippen molar-refractivity contribution in [2.45, 2.75) is 6.42 Å². The predicted octanol–water partition coefficient (Wildman–Crippen LogP) is 2.47. The monoisotopic (exact) mass is 330 g/mol. The molecule has 104 valence electrons. The van der Waals surface area contributed by atoms with E-state index in [0.29, 0.717) is 19.6 Å². The summed E-state index contributed by atoms with van der Waals surface area (Å²) in [7, 11) is 3.25. The minimum Gasteiger partial charge on any atom is -0.385 e. The Morgan fingerprint density at radius 2 is 2.21 bits per heavy atom. The van der Waals surface area contributed by atoms with Crippen LogP contribution in [0.4, 0.5) is 5.69 Å². The molecule has 1 aromatic rings. The minimum atomic E-state index is -0.522. The second-order valence-electron chi connectivity index (χ2n) is 3.97. The molecule has 0 spiro atoms. The maximum atomic E-state index is 12.2. The van der Waals surface area contributed by atoms with Gasteiger partial charge in [0.2, 0.25) is 0 Å². The fourth-order valence-corrected chi connectivity index (χ4v) is 2.16. The third-order valence-corrected chi connectivity index (χ3v) is 3.43. The number of carbonyl (C=O) groups excluding carboxylic acids is 1. The molecule has 0 saturated carbocycles. The zero-order chi connectivity index (χ0) is 14.4. The molecule has 0 aliphatic carbocycles. The molecule has 0 saturated heterocycles. The molecule has 0 bridgehead atoms. The number of rotatable bonds is 6. The van der Waals surface area contributed by atoms with Crippen molar-refractivity contribution < 1.29 is 14.5 Å². The van der Waals surface area contributed by atoms with Crippen LogP contribution in [-0.4, -0.2) is 43.0 Å². The number of nitro groups is 1. The quantitative estimate of drug-likeness (QED) is 0.456. The van der Waals surface area contributed by atoms with Crippen LogP contribution in [0.5, 0.6) is 0 Å². The summed E-state index contributed by atoms with van der Waals surface area (Å²) in [6.45, 7) is 1.09. The highest BCUT2D eigenvalue weighted by Gasteiger charge is 2.21. The van der Waals surface area contributed by atoms with Crippen molar-refractivity contribution in [3.63, 3.8) is 0 Å². The van der Waals surface area contributed by atoms with Gasteiger partial charge in [0, 0.05) is 33.4 Å². The van der Waals surface area contributed by atoms with Gasteiger partial charge in [-0.15, -0.1) is 0 Å². The van der Waals surface area contributed by atoms with Gasteiger partial charge in [0.1, 0.15) is 4.47 Å². The Hall–Kier alpha value is -1.47. The molecule has 0 aliphatic rings. The number of hydrogen-bond donors (Lipinski definition) is 0. The number of nitro benzene ring substituents is 1. The zero-order valence-electron chi connectivity index (χ0n) is 10.8. The van der Waals surface area contributed by atoms with Gasteiger partial charge in [0.15, 0.2) is 0 Å². The maximum absolute atomic E-state index is 12.2. The van der Waals surface area contributed by atoms with Gasteiger partial charge in [0.25, 0.3) is 11.6 Å². The number of methoxy groups -OCH3 is 1. The maximum Gasteiger partial charge on any atom is 0.284 e. The molecule has 1 aromatic carbocycles. The Labute approximate surface area is 119 Å². The highest BCUT2D eigenvalue weighted by molar-refractivity contribution is 9.10. The summed E-state index contributed by atoms with van der Waals surface area (Å²) in [6.07, 6.45) is 0.714. The zero-order valence-corrected chi connectivity index (χ0v) is 12.3. The average Bonchev–Trinajstić information content (AvgIpc) is 2.38. The molecule has 0 N–H and O–H groups in total. The number of amides is 1. The van der Waals surface area contributed by atoms with Crippen LogP contribution in [0.1, 0.15) is 16.8 Å². The molecular formula is C12H15BrN2O4. The van der Waals surface area contributed by atoms with Gasteiger partial charge >= 0.3 is 0 Å². The molecule has 0 radical (unpaired) electrons. The lowest BCUT2D eigenvalue weighted by Crippen LogP contribution is -2.28. The van der Waals surface area contributed by atoms with Crippen LogP contribution in [-0.2, 0) is 4.74 Å². The Bertz CT molecular complexity index is 479. The molecule has 19 heavy (non-hydrogen) atoms. The first-order chi connectivity index (χ1) is 8.99. The number of carbonyl (C=O) groups is 1. The summed E-state index contributed by atoms with van der Waals surface area (Å²) in [5, 5.41) is 10.8. The van der Waals surface area contributed by atoms with E-state index in [1.165, 1.54) is 17.0 Å². The van der Waals surface area contributed by atoms with Crippen molar-refractivity contribution >= 4 is 27.5 Å². The van der Waals surface area contributed by atoms with E-state index < -0.39 is 4.92 Å². The molecular weight excluding hydrogens is 316 g/mol. The predicted molar refractivity (Wildman–Crippen MR) is 74.2 cm³/mol. The number of halogens is 1. The molecule has 0 atom stereocenters. The third-order valence-electron chi connectivity index (χ3n) is 2.59. The summed E-state index contributed by atoms with van der Waals surface area (Å²) >= 11 is 3.12. The van der Waals surface area contributed by atoms with Crippen molar-refractivity contribution in [2.75, 3.05) is 27.3 Å². The average molecular weight is 331 g/mol. The summed E-state index contributed by atoms with van der Waals surface area (Å²) in [5.74, 6) is -0.258. The van der Waals surface area contributed by atoms with Crippen LogP contribution in [0.3, 0.4) is 0 Å². The van der Waals surface area contributed by atoms with E-state index in [1.54, 1.807) is 20.2 Å². The van der Waals surface area contributed by atoms with E-state index in [1.807, 2.05) is 0 Å². The van der Waals surface area contributed by atoms with E-state index in [4.69, 9.17) is 4.74 Å². The number of ether oxygens (including phenoxy) is 1. The van der Waals surface area contributed by atoms with E-state index >= 15 is 0 Å². The lowest BCUT2D eigenvalue weighted by atomic mass is 10.1. The molecule has 6 nitrogen and oxygen atoms in total. The molecule has 0 aliphatic heterocycles. The van der Waals surface area contributed by atoms with E-state index in [9.17, 15) is 14.9 Å². The largest absolute Gasteiger partial charge is 0.385 e. The lowest BCUT2D eigenvalue weighted by molar-refractivity contribution is -0.385. The van der Waals surface area contributed by atoms with Crippen LogP contribution < -0.4 is 0 Å². The van der Waals surface area contributed by atoms with Crippen molar-refractivity contribution in [3.8, 4) is 0 Å². The fourth-order valence-electron chi connectivity index (χ4n) is 1.58. The molecule has 1 rings (SSSR count). The number of nitrogens with zero attached hydrogens (tertiary/aromatic N) is 2. The molecule has 1 amide bonds. The Morgan fingerprint density at radius 3 is 2.79 bits per heavy atom. The first-order valence-corrected chi connectivity index (χ1v) is 6.45. The van der Waals surface area contributed by atoms with Crippen molar-refractivity contribution in [1.29, 1.82) is 0 Å². The van der Waals surface area contributed by atoms with Gasteiger partial charge in [-0.05, 0) is 28.4 Å². The Balaban J connectivity index is 2.88. The summed E-state index contributed by atoms with van der Waals surface area (Å²) in [5.41, 5.74) is 0.172. The number of benzene rings is 1. The van der Waals surface area contributed by atoms with Gasteiger partial charge in [0.05, 0.1) is 10.5 Å². The third kappa shape index (κ3) is 4.00. The summed E-state index contributed by atoms with van der Waals surface area (Å²) < 4.78 is 5.13. The Kier molecular flexibility index (Phi) is 5.91. The molecule has 0 aromatic heterocycles. The first-order valence-electron chi connectivity index (χ1n) is 5.66. The standard InChI is InChI=1S/C12H15BrN2O4/c1-14(7-4-8-19-2)12(16)9-5-3-6-10(11(9)13)15(17)18/h3,5-6H,4,7-8H2,1-2H3. The van der Waals surface area contributed by atoms with Gasteiger partial charge in [-0.1, -0.05) is 6.07 Å². The van der Waals surface area contributed by atoms with Gasteiger partial charge in [-0.2, -0.15) is 0 Å². The molecule has 7 heteroatoms. The van der Waals surface area contributed by atoms with Crippen molar-refractivity contribution in [1.82, 2.24) is 4.90 Å². The molecule has 0 fully saturated rings. The van der Waals surface area contributed by atoms with Crippen LogP contribution in [0.25, 0.3) is 0 Å². The van der Waals surface area contributed by atoms with E-state index in [-0.39, 0.29) is 21.6 Å². The molecule has 0 unspecified atom stereocenters. The lowest BCUT2D eigenvalue weighted by Gasteiger charge is -2.17. The number of hydrogen-bond acceptors (Lipinski definition) is 4. The van der Waals surface area contributed by atoms with Crippen LogP contribution >= 0.6 is 15.9 Å². The van der Waals surface area contributed by atoms with Gasteiger partial charge < -0.3 is 9.64 Å². The minimum absolute atomic E-state index is 0.115. The normalized spacial score (nSPS) is 10.3. The smallest absolute Gasteiger partial charge is 0.284 e. The van der Waals surface area contributed by atoms with E-state index in [0.717, 1.165) is 0 Å². The molecule has 0 heterocycles. The topological polar surface area (TPSA) is 72.7 Å². The first kappa shape index (κ1) is 15.6. The SMILES string of the molecule is COCCCN(C)C(=O)c1cccc([N+](=O)[O-])c1Br. The van der Waals surface area contributed by atoms with Crippen LogP contribution in [0, 0.1) is 10.1 Å². The van der Waals surface area contributed by atoms with Crippen LogP contribution in [0.15, 0.2) is 22.7 Å². The van der Waals surface area contributed by atoms with E-state index in [2.05, 4.69) is 15.9 Å². The second kappa shape index (κ2) is 7.20. The second-order valence-corrected chi connectivity index (χ2v) is 4.76. The Morgan fingerprint density at radius 1 is 1.53 bits per heavy atom. The highest BCUT2D eigenvalue weighted by atomic mass is 79.9. The van der Waals surface area contributed by atoms with Crippen molar-refractivity contribution in [2.24, 2.45) is 0 Å².